The van der Waals surface area contributed by atoms with Crippen molar-refractivity contribution in [2.75, 3.05) is 0 Å². The van der Waals surface area contributed by atoms with Gasteiger partial charge in [-0.3, -0.25) is 9.59 Å². The van der Waals surface area contributed by atoms with Gasteiger partial charge in [0.05, 0.1) is 5.92 Å². The number of benzene rings is 2. The van der Waals surface area contributed by atoms with Gasteiger partial charge in [-0.1, -0.05) is 19.3 Å². The van der Waals surface area contributed by atoms with Crippen LogP contribution in [-0.4, -0.2) is 11.0 Å². The summed E-state index contributed by atoms with van der Waals surface area (Å²) in [4.78, 5) is 28.2. The van der Waals surface area contributed by atoms with Gasteiger partial charge in [-0.15, -0.1) is 0 Å². The molecule has 0 atom stereocenters. The summed E-state index contributed by atoms with van der Waals surface area (Å²) in [6.45, 7) is 0. The maximum Gasteiger partial charge on any atom is 0.314 e. The minimum atomic E-state index is -0.176. The lowest BCUT2D eigenvalue weighted by molar-refractivity contribution is -0.139. The molecule has 0 aromatic heterocycles. The first-order valence-corrected chi connectivity index (χ1v) is 8.25. The van der Waals surface area contributed by atoms with E-state index < -0.39 is 0 Å². The largest absolute Gasteiger partial charge is 0.453 e. The fourth-order valence-corrected chi connectivity index (χ4v) is 3.19. The molecule has 1 aromatic carbocycles. The summed E-state index contributed by atoms with van der Waals surface area (Å²) in [6, 6.07) is 9.63. The summed E-state index contributed by atoms with van der Waals surface area (Å²) in [7, 11) is 0. The van der Waals surface area contributed by atoms with Crippen molar-refractivity contribution in [2.45, 2.75) is 32.1 Å². The van der Waals surface area contributed by atoms with Gasteiger partial charge in [0, 0.05) is 12.1 Å². The molecule has 3 aliphatic rings. The number of carbonyl (C=O) groups is 1. The van der Waals surface area contributed by atoms with Gasteiger partial charge in [-0.25, -0.2) is 4.98 Å². The van der Waals surface area contributed by atoms with Crippen LogP contribution in [0.25, 0.3) is 22.6 Å². The summed E-state index contributed by atoms with van der Waals surface area (Å²) in [5.74, 6) is 0.681. The zero-order valence-corrected chi connectivity index (χ0v) is 13.2. The highest BCUT2D eigenvalue weighted by atomic mass is 16.5. The molecule has 0 N–H and O–H groups in total. The number of rotatable bonds is 2. The molecule has 0 spiro atoms. The van der Waals surface area contributed by atoms with Crippen molar-refractivity contribution in [1.29, 1.82) is 0 Å². The molecule has 1 saturated carbocycles. The van der Waals surface area contributed by atoms with Crippen LogP contribution in [0.3, 0.4) is 0 Å². The van der Waals surface area contributed by atoms with Crippen molar-refractivity contribution in [3.05, 3.63) is 46.6 Å². The van der Waals surface area contributed by atoms with E-state index in [1.807, 2.05) is 0 Å². The van der Waals surface area contributed by atoms with E-state index in [9.17, 15) is 9.59 Å². The van der Waals surface area contributed by atoms with Crippen molar-refractivity contribution in [3.63, 3.8) is 0 Å². The van der Waals surface area contributed by atoms with Crippen LogP contribution >= 0.6 is 0 Å². The van der Waals surface area contributed by atoms with Crippen LogP contribution in [0.5, 0.6) is 5.75 Å². The minimum absolute atomic E-state index is 0.0101. The third-order valence-electron chi connectivity index (χ3n) is 4.48. The Morgan fingerprint density at radius 1 is 1.08 bits per heavy atom. The van der Waals surface area contributed by atoms with E-state index in [-0.39, 0.29) is 17.3 Å². The monoisotopic (exact) mass is 323 g/mol. The number of carbonyl (C=O) groups excluding carboxylic acids is 1. The lowest BCUT2D eigenvalue weighted by atomic mass is 9.89. The van der Waals surface area contributed by atoms with Crippen LogP contribution < -0.4 is 10.2 Å². The summed E-state index contributed by atoms with van der Waals surface area (Å²) in [5.41, 5.74) is 1.63. The lowest BCUT2D eigenvalue weighted by Gasteiger charge is -2.19. The highest BCUT2D eigenvalue weighted by Gasteiger charge is 2.23. The normalized spacial score (nSPS) is 15.7. The Kier molecular flexibility index (Phi) is 3.76. The number of nitrogens with zero attached hydrogens (tertiary/aromatic N) is 1. The van der Waals surface area contributed by atoms with Gasteiger partial charge in [0.15, 0.2) is 16.8 Å². The number of esters is 1. The predicted octanol–water partition coefficient (Wildman–Crippen LogP) is 3.78. The standard InChI is InChI=1S/C19H17NO4/c21-13-6-8-15-17(10-13)24-18-11-14(7-9-16(18)20-15)23-19(22)12-4-2-1-3-5-12/h6-12H,1-5H2. The van der Waals surface area contributed by atoms with E-state index in [1.54, 1.807) is 24.3 Å². The van der Waals surface area contributed by atoms with E-state index in [2.05, 4.69) is 4.98 Å². The lowest BCUT2D eigenvalue weighted by Crippen LogP contribution is -2.22. The minimum Gasteiger partial charge on any atom is -0.453 e. The van der Waals surface area contributed by atoms with E-state index in [0.29, 0.717) is 28.3 Å². The van der Waals surface area contributed by atoms with Crippen molar-refractivity contribution < 1.29 is 13.9 Å². The summed E-state index contributed by atoms with van der Waals surface area (Å²) < 4.78 is 11.3. The molecule has 122 valence electrons. The molecule has 1 heterocycles. The average molecular weight is 323 g/mol. The smallest absolute Gasteiger partial charge is 0.314 e. The highest BCUT2D eigenvalue weighted by molar-refractivity contribution is 5.80. The molecular weight excluding hydrogens is 306 g/mol. The van der Waals surface area contributed by atoms with Gasteiger partial charge < -0.3 is 9.15 Å². The molecule has 0 unspecified atom stereocenters. The summed E-state index contributed by atoms with van der Waals surface area (Å²) in [6.07, 6.45) is 5.16. The Morgan fingerprint density at radius 2 is 1.92 bits per heavy atom. The van der Waals surface area contributed by atoms with Crippen LogP contribution in [0.15, 0.2) is 45.6 Å². The topological polar surface area (TPSA) is 69.4 Å². The number of hydrogen-bond donors (Lipinski definition) is 0. The quantitative estimate of drug-likeness (QED) is 0.408. The van der Waals surface area contributed by atoms with E-state index in [4.69, 9.17) is 9.15 Å². The first-order chi connectivity index (χ1) is 11.7. The Hall–Kier alpha value is -2.69. The first-order valence-electron chi connectivity index (χ1n) is 8.25. The van der Waals surface area contributed by atoms with Gasteiger partial charge in [-0.05, 0) is 37.1 Å². The molecule has 1 aliphatic heterocycles. The second kappa shape index (κ2) is 6.07. The van der Waals surface area contributed by atoms with Crippen LogP contribution in [0.1, 0.15) is 32.1 Å². The van der Waals surface area contributed by atoms with Crippen molar-refractivity contribution >= 4 is 17.1 Å². The van der Waals surface area contributed by atoms with E-state index >= 15 is 0 Å². The Morgan fingerprint density at radius 3 is 2.75 bits per heavy atom. The number of fused-ring (bicyclic) bond motifs is 2. The van der Waals surface area contributed by atoms with E-state index in [0.717, 1.165) is 25.7 Å². The van der Waals surface area contributed by atoms with Gasteiger partial charge in [0.2, 0.25) is 0 Å². The average Bonchev–Trinajstić information content (AvgIpc) is 2.60. The molecule has 0 bridgehead atoms. The molecule has 0 radical (unpaired) electrons. The summed E-state index contributed by atoms with van der Waals surface area (Å²) >= 11 is 0. The second-order valence-electron chi connectivity index (χ2n) is 6.23. The van der Waals surface area contributed by atoms with Crippen LogP contribution in [0.4, 0.5) is 0 Å². The molecular formula is C19H17NO4. The summed E-state index contributed by atoms with van der Waals surface area (Å²) in [5, 5.41) is 0. The van der Waals surface area contributed by atoms with Gasteiger partial charge >= 0.3 is 5.97 Å². The molecule has 1 fully saturated rings. The highest BCUT2D eigenvalue weighted by Crippen LogP contribution is 2.29. The van der Waals surface area contributed by atoms with Crippen molar-refractivity contribution in [3.8, 4) is 17.2 Å². The fourth-order valence-electron chi connectivity index (χ4n) is 3.19. The fraction of sp³-hybridized carbons (Fsp3) is 0.316. The molecule has 24 heavy (non-hydrogen) atoms. The number of ether oxygens (including phenoxy) is 1. The van der Waals surface area contributed by atoms with Crippen molar-refractivity contribution in [1.82, 2.24) is 4.98 Å². The zero-order chi connectivity index (χ0) is 16.5. The third-order valence-corrected chi connectivity index (χ3v) is 4.48. The Bertz CT molecular complexity index is 924. The van der Waals surface area contributed by atoms with E-state index in [1.165, 1.54) is 18.6 Å². The SMILES string of the molecule is O=C(Oc1ccc2nc3ccc(=O)cc-3oc2c1)C1CCCCC1. The van der Waals surface area contributed by atoms with Crippen molar-refractivity contribution in [2.24, 2.45) is 5.92 Å². The maximum absolute atomic E-state index is 12.3. The first kappa shape index (κ1) is 14.9. The Balaban J connectivity index is 1.65. The molecule has 1 aromatic rings. The Labute approximate surface area is 138 Å². The van der Waals surface area contributed by atoms with Gasteiger partial charge in [0.1, 0.15) is 17.0 Å². The molecule has 5 heteroatoms. The zero-order valence-electron chi connectivity index (χ0n) is 13.2. The molecule has 2 aliphatic carbocycles. The number of aromatic nitrogens is 1. The predicted molar refractivity (Wildman–Crippen MR) is 89.1 cm³/mol. The molecule has 5 nitrogen and oxygen atoms in total. The molecule has 0 amide bonds. The van der Waals surface area contributed by atoms with Crippen LogP contribution in [0.2, 0.25) is 0 Å². The third kappa shape index (κ3) is 2.89. The van der Waals surface area contributed by atoms with Crippen LogP contribution in [-0.2, 0) is 4.79 Å². The van der Waals surface area contributed by atoms with Gasteiger partial charge in [0.25, 0.3) is 0 Å². The maximum atomic E-state index is 12.3. The van der Waals surface area contributed by atoms with Crippen LogP contribution in [0, 0.1) is 5.92 Å². The second-order valence-corrected chi connectivity index (χ2v) is 6.23. The molecule has 4 rings (SSSR count). The molecule has 0 saturated heterocycles. The number of hydrogen-bond acceptors (Lipinski definition) is 5. The van der Waals surface area contributed by atoms with Gasteiger partial charge in [-0.2, -0.15) is 0 Å².